The van der Waals surface area contributed by atoms with Crippen molar-refractivity contribution in [3.63, 3.8) is 0 Å². The van der Waals surface area contributed by atoms with E-state index in [1.807, 2.05) is 32.0 Å². The van der Waals surface area contributed by atoms with Crippen LogP contribution in [0.4, 0.5) is 0 Å². The molecule has 0 radical (unpaired) electrons. The predicted molar refractivity (Wildman–Crippen MR) is 190 cm³/mol. The van der Waals surface area contributed by atoms with Crippen molar-refractivity contribution >= 4 is 41.5 Å². The van der Waals surface area contributed by atoms with Crippen molar-refractivity contribution in [1.29, 1.82) is 0 Å². The van der Waals surface area contributed by atoms with Gasteiger partial charge in [0.15, 0.2) is 0 Å². The maximum atomic E-state index is 13.9. The second-order valence-corrected chi connectivity index (χ2v) is 13.5. The molecule has 1 aliphatic heterocycles. The molecule has 5 amide bonds. The predicted octanol–water partition coefficient (Wildman–Crippen LogP) is 0.745. The Morgan fingerprint density at radius 2 is 1.25 bits per heavy atom. The summed E-state index contributed by atoms with van der Waals surface area (Å²) in [6.45, 7) is 5.38. The minimum Gasteiger partial charge on any atom is -0.481 e. The smallest absolute Gasteiger partial charge is 0.326 e. The van der Waals surface area contributed by atoms with Crippen LogP contribution in [0.15, 0.2) is 60.7 Å². The number of amides is 5. The molecule has 1 saturated heterocycles. The van der Waals surface area contributed by atoms with E-state index in [0.717, 1.165) is 5.56 Å². The highest BCUT2D eigenvalue weighted by molar-refractivity contribution is 5.96. The molecule has 1 aliphatic rings. The summed E-state index contributed by atoms with van der Waals surface area (Å²) in [6, 6.07) is 10.9. The van der Waals surface area contributed by atoms with Crippen LogP contribution in [0.25, 0.3) is 0 Å². The molecule has 52 heavy (non-hydrogen) atoms. The average molecular weight is 723 g/mol. The summed E-state index contributed by atoms with van der Waals surface area (Å²) >= 11 is 0. The van der Waals surface area contributed by atoms with E-state index < -0.39 is 84.1 Å². The molecule has 2 aromatic rings. The van der Waals surface area contributed by atoms with Gasteiger partial charge in [0.1, 0.15) is 30.2 Å². The second kappa shape index (κ2) is 19.9. The lowest BCUT2D eigenvalue weighted by Crippen LogP contribution is -2.59. The third-order valence-corrected chi connectivity index (χ3v) is 8.67. The summed E-state index contributed by atoms with van der Waals surface area (Å²) in [6.07, 6.45) is 0.204. The maximum absolute atomic E-state index is 13.9. The number of hydrogen-bond donors (Lipinski definition) is 7. The highest BCUT2D eigenvalue weighted by Gasteiger charge is 2.39. The number of nitrogens with one attached hydrogen (secondary N) is 4. The number of carbonyl (C=O) groups excluding carboxylic acids is 5. The Labute approximate surface area is 303 Å². The van der Waals surface area contributed by atoms with Gasteiger partial charge >= 0.3 is 11.9 Å². The molecule has 0 saturated carbocycles. The van der Waals surface area contributed by atoms with E-state index >= 15 is 0 Å². The van der Waals surface area contributed by atoms with Gasteiger partial charge in [0.2, 0.25) is 29.5 Å². The largest absolute Gasteiger partial charge is 0.481 e. The number of hydrogen-bond acceptors (Lipinski definition) is 8. The Balaban J connectivity index is 1.78. The van der Waals surface area contributed by atoms with Crippen molar-refractivity contribution in [3.05, 3.63) is 71.8 Å². The molecular weight excluding hydrogens is 672 g/mol. The molecule has 1 fully saturated rings. The zero-order valence-electron chi connectivity index (χ0n) is 29.7. The van der Waals surface area contributed by atoms with Crippen molar-refractivity contribution in [2.45, 2.75) is 102 Å². The molecule has 2 aromatic carbocycles. The van der Waals surface area contributed by atoms with E-state index in [-0.39, 0.29) is 38.1 Å². The highest BCUT2D eigenvalue weighted by Crippen LogP contribution is 2.21. The quantitative estimate of drug-likeness (QED) is 0.107. The van der Waals surface area contributed by atoms with E-state index in [4.69, 9.17) is 5.73 Å². The standard InChI is InChI=1S/C37H50N6O9/c1-22(2)19-27(34(48)39-26(16-17-31(44)45)33(47)42-29(37(51)52)21-25-13-8-5-9-14-25)40-35(49)30-15-10-18-43(30)36(50)28(41-32(46)23(3)38)20-24-11-6-4-7-12-24/h4-9,11-14,22-23,26-30H,10,15-21,38H2,1-3H3,(H,39,48)(H,40,49)(H,41,46)(H,42,47)(H,44,45)(H,51,52). The summed E-state index contributed by atoms with van der Waals surface area (Å²) in [7, 11) is 0. The topological polar surface area (TPSA) is 237 Å². The molecule has 0 spiro atoms. The monoisotopic (exact) mass is 722 g/mol. The fourth-order valence-electron chi connectivity index (χ4n) is 5.96. The fraction of sp³-hybridized carbons (Fsp3) is 0.486. The second-order valence-electron chi connectivity index (χ2n) is 13.5. The van der Waals surface area contributed by atoms with Crippen LogP contribution in [-0.4, -0.2) is 99.4 Å². The highest BCUT2D eigenvalue weighted by atomic mass is 16.4. The van der Waals surface area contributed by atoms with Gasteiger partial charge < -0.3 is 42.1 Å². The molecule has 1 heterocycles. The van der Waals surface area contributed by atoms with E-state index in [9.17, 15) is 43.8 Å². The lowest BCUT2D eigenvalue weighted by atomic mass is 10.0. The minimum absolute atomic E-state index is 0.0503. The van der Waals surface area contributed by atoms with Crippen molar-refractivity contribution in [2.75, 3.05) is 6.54 Å². The van der Waals surface area contributed by atoms with Crippen LogP contribution in [-0.2, 0) is 46.4 Å². The molecule has 8 N–H and O–H groups in total. The first kappa shape index (κ1) is 41.1. The number of benzene rings is 2. The molecule has 0 aliphatic carbocycles. The van der Waals surface area contributed by atoms with Gasteiger partial charge in [0.25, 0.3) is 0 Å². The molecule has 3 rings (SSSR count). The number of aliphatic carboxylic acids is 2. The van der Waals surface area contributed by atoms with Crippen molar-refractivity contribution in [2.24, 2.45) is 11.7 Å². The zero-order chi connectivity index (χ0) is 38.4. The number of carbonyl (C=O) groups is 7. The first-order valence-electron chi connectivity index (χ1n) is 17.5. The van der Waals surface area contributed by atoms with Crippen LogP contribution in [0.3, 0.4) is 0 Å². The number of nitrogens with two attached hydrogens (primary N) is 1. The fourth-order valence-corrected chi connectivity index (χ4v) is 5.96. The Kier molecular flexibility index (Phi) is 15.7. The van der Waals surface area contributed by atoms with Gasteiger partial charge in [-0.25, -0.2) is 4.79 Å². The number of carboxylic acid groups (broad SMARTS) is 2. The van der Waals surface area contributed by atoms with Crippen LogP contribution < -0.4 is 27.0 Å². The van der Waals surface area contributed by atoms with Gasteiger partial charge in [-0.3, -0.25) is 28.8 Å². The van der Waals surface area contributed by atoms with Gasteiger partial charge in [-0.15, -0.1) is 0 Å². The van der Waals surface area contributed by atoms with E-state index in [0.29, 0.717) is 18.4 Å². The maximum Gasteiger partial charge on any atom is 0.326 e. The average Bonchev–Trinajstić information content (AvgIpc) is 3.59. The molecular formula is C37H50N6O9. The summed E-state index contributed by atoms with van der Waals surface area (Å²) in [4.78, 5) is 92.1. The first-order valence-corrected chi connectivity index (χ1v) is 17.5. The molecule has 15 nitrogen and oxygen atoms in total. The van der Waals surface area contributed by atoms with Crippen LogP contribution in [0.2, 0.25) is 0 Å². The summed E-state index contributed by atoms with van der Waals surface area (Å²) in [5.41, 5.74) is 7.19. The SMILES string of the molecule is CC(C)CC(NC(=O)C1CCCN1C(=O)C(Cc1ccccc1)NC(=O)C(C)N)C(=O)NC(CCC(=O)O)C(=O)NC(Cc1ccccc1)C(=O)O. The molecule has 282 valence electrons. The zero-order valence-corrected chi connectivity index (χ0v) is 29.7. The lowest BCUT2D eigenvalue weighted by molar-refractivity contribution is -0.143. The summed E-state index contributed by atoms with van der Waals surface area (Å²) in [5, 5.41) is 29.5. The van der Waals surface area contributed by atoms with Crippen LogP contribution in [0, 0.1) is 5.92 Å². The normalized spacial score (nSPS) is 16.9. The summed E-state index contributed by atoms with van der Waals surface area (Å²) < 4.78 is 0. The Bertz CT molecular complexity index is 1550. The van der Waals surface area contributed by atoms with Gasteiger partial charge in [0, 0.05) is 25.8 Å². The number of carboxylic acids is 2. The molecule has 15 heteroatoms. The van der Waals surface area contributed by atoms with E-state index in [1.54, 1.807) is 42.5 Å². The Morgan fingerprint density at radius 3 is 1.77 bits per heavy atom. The molecule has 0 bridgehead atoms. The van der Waals surface area contributed by atoms with Crippen LogP contribution in [0.5, 0.6) is 0 Å². The van der Waals surface area contributed by atoms with Crippen LogP contribution >= 0.6 is 0 Å². The lowest BCUT2D eigenvalue weighted by Gasteiger charge is -2.31. The number of likely N-dealkylation sites (tertiary alicyclic amines) is 1. The van der Waals surface area contributed by atoms with Gasteiger partial charge in [0.05, 0.1) is 6.04 Å². The van der Waals surface area contributed by atoms with Gasteiger partial charge in [-0.2, -0.15) is 0 Å². The first-order chi connectivity index (χ1) is 24.7. The molecule has 6 unspecified atom stereocenters. The third kappa shape index (κ3) is 12.8. The van der Waals surface area contributed by atoms with E-state index in [1.165, 1.54) is 11.8 Å². The van der Waals surface area contributed by atoms with Gasteiger partial charge in [-0.05, 0) is 49.7 Å². The molecule has 0 aromatic heterocycles. The van der Waals surface area contributed by atoms with Crippen molar-refractivity contribution in [1.82, 2.24) is 26.2 Å². The number of rotatable bonds is 19. The van der Waals surface area contributed by atoms with Crippen LogP contribution in [0.1, 0.15) is 64.0 Å². The third-order valence-electron chi connectivity index (χ3n) is 8.67. The molecule has 6 atom stereocenters. The van der Waals surface area contributed by atoms with Gasteiger partial charge in [-0.1, -0.05) is 74.5 Å². The summed E-state index contributed by atoms with van der Waals surface area (Å²) in [5.74, 6) is -5.94. The Morgan fingerprint density at radius 1 is 0.731 bits per heavy atom. The van der Waals surface area contributed by atoms with Crippen molar-refractivity contribution < 1.29 is 43.8 Å². The minimum atomic E-state index is -1.43. The van der Waals surface area contributed by atoms with E-state index in [2.05, 4.69) is 21.3 Å². The Hall–Kier alpha value is -5.31. The van der Waals surface area contributed by atoms with Crippen molar-refractivity contribution in [3.8, 4) is 0 Å². The number of nitrogens with zero attached hydrogens (tertiary/aromatic N) is 1.